The van der Waals surface area contributed by atoms with Crippen LogP contribution in [0.3, 0.4) is 0 Å². The first-order chi connectivity index (χ1) is 7.97. The van der Waals surface area contributed by atoms with Crippen LogP contribution in [0, 0.1) is 24.4 Å². The molecule has 0 amide bonds. The van der Waals surface area contributed by atoms with E-state index >= 15 is 0 Å². The van der Waals surface area contributed by atoms with Crippen LogP contribution in [-0.2, 0) is 5.33 Å². The molecule has 17 heavy (non-hydrogen) atoms. The summed E-state index contributed by atoms with van der Waals surface area (Å²) in [5.41, 5.74) is -2.10. The van der Waals surface area contributed by atoms with Gasteiger partial charge in [-0.3, -0.25) is 4.79 Å². The Morgan fingerprint density at radius 2 is 1.88 bits per heavy atom. The van der Waals surface area contributed by atoms with Gasteiger partial charge in [-0.1, -0.05) is 15.9 Å². The Kier molecular flexibility index (Phi) is 2.94. The van der Waals surface area contributed by atoms with Crippen LogP contribution in [0.2, 0.25) is 0 Å². The predicted molar refractivity (Wildman–Crippen MR) is 59.6 cm³/mol. The van der Waals surface area contributed by atoms with Crippen molar-refractivity contribution in [2.75, 3.05) is 0 Å². The Labute approximate surface area is 102 Å². The van der Waals surface area contributed by atoms with E-state index < -0.39 is 39.6 Å². The molecule has 0 aliphatic carbocycles. The summed E-state index contributed by atoms with van der Waals surface area (Å²) in [5, 5.41) is -0.201. The number of nitrogens with zero attached hydrogens (tertiary/aromatic N) is 1. The van der Waals surface area contributed by atoms with E-state index in [2.05, 4.69) is 25.9 Å². The lowest BCUT2D eigenvalue weighted by Crippen LogP contribution is -2.14. The molecule has 0 saturated carbocycles. The number of rotatable bonds is 1. The Bertz CT molecular complexity index is 669. The van der Waals surface area contributed by atoms with E-state index in [1.165, 1.54) is 6.92 Å². The average Bonchev–Trinajstić information content (AvgIpc) is 2.30. The van der Waals surface area contributed by atoms with Crippen LogP contribution >= 0.6 is 15.9 Å². The lowest BCUT2D eigenvalue weighted by atomic mass is 10.1. The maximum Gasteiger partial charge on any atom is 0.269 e. The number of hydrogen-bond donors (Lipinski definition) is 1. The summed E-state index contributed by atoms with van der Waals surface area (Å²) < 4.78 is 40.8. The quantitative estimate of drug-likeness (QED) is 0.650. The predicted octanol–water partition coefficient (Wildman–Crippen LogP) is 2.54. The molecular formula is C10H6BrF3N2O. The normalized spacial score (nSPS) is 11.1. The zero-order valence-corrected chi connectivity index (χ0v) is 10.2. The van der Waals surface area contributed by atoms with Crippen molar-refractivity contribution in [2.45, 2.75) is 12.3 Å². The summed E-state index contributed by atoms with van der Waals surface area (Å²) in [6.45, 7) is 1.33. The molecule has 1 aromatic carbocycles. The van der Waals surface area contributed by atoms with Crippen molar-refractivity contribution >= 4 is 27.0 Å². The number of halogens is 4. The molecule has 3 nitrogen and oxygen atoms in total. The SMILES string of the molecule is Cc1nc2c(F)c(F)c(CBr)c(F)c2[nH]c1=O. The fourth-order valence-corrected chi connectivity index (χ4v) is 1.95. The zero-order valence-electron chi connectivity index (χ0n) is 8.57. The van der Waals surface area contributed by atoms with Crippen LogP contribution in [-0.4, -0.2) is 9.97 Å². The summed E-state index contributed by atoms with van der Waals surface area (Å²) in [7, 11) is 0. The first kappa shape index (κ1) is 12.1. The summed E-state index contributed by atoms with van der Waals surface area (Å²) in [4.78, 5) is 17.0. The van der Waals surface area contributed by atoms with Gasteiger partial charge in [-0.15, -0.1) is 0 Å². The minimum Gasteiger partial charge on any atom is -0.317 e. The highest BCUT2D eigenvalue weighted by Gasteiger charge is 2.21. The van der Waals surface area contributed by atoms with Crippen LogP contribution in [0.1, 0.15) is 11.3 Å². The number of aromatic amines is 1. The summed E-state index contributed by atoms with van der Waals surface area (Å²) in [5.74, 6) is -3.58. The smallest absolute Gasteiger partial charge is 0.269 e. The molecule has 0 bridgehead atoms. The molecule has 0 aliphatic heterocycles. The second-order valence-electron chi connectivity index (χ2n) is 3.43. The van der Waals surface area contributed by atoms with Crippen LogP contribution in [0.4, 0.5) is 13.2 Å². The molecule has 0 saturated heterocycles. The molecule has 2 rings (SSSR count). The lowest BCUT2D eigenvalue weighted by molar-refractivity contribution is 0.493. The number of hydrogen-bond acceptors (Lipinski definition) is 2. The zero-order chi connectivity index (χ0) is 12.7. The van der Waals surface area contributed by atoms with Gasteiger partial charge < -0.3 is 4.98 Å². The summed E-state index contributed by atoms with van der Waals surface area (Å²) in [6.07, 6.45) is 0. The molecule has 0 unspecified atom stereocenters. The van der Waals surface area contributed by atoms with E-state index in [1.54, 1.807) is 0 Å². The van der Waals surface area contributed by atoms with Crippen molar-refractivity contribution < 1.29 is 13.2 Å². The molecule has 1 heterocycles. The van der Waals surface area contributed by atoms with Gasteiger partial charge >= 0.3 is 0 Å². The Morgan fingerprint density at radius 1 is 1.24 bits per heavy atom. The van der Waals surface area contributed by atoms with Crippen molar-refractivity contribution in [3.05, 3.63) is 39.1 Å². The number of aryl methyl sites for hydroxylation is 1. The maximum atomic E-state index is 13.8. The van der Waals surface area contributed by atoms with Gasteiger partial charge in [-0.25, -0.2) is 18.2 Å². The number of benzene rings is 1. The molecule has 1 aromatic heterocycles. The monoisotopic (exact) mass is 306 g/mol. The third kappa shape index (κ3) is 1.74. The van der Waals surface area contributed by atoms with Gasteiger partial charge in [0.2, 0.25) is 0 Å². The van der Waals surface area contributed by atoms with E-state index in [1.807, 2.05) is 0 Å². The molecule has 7 heteroatoms. The molecule has 0 aliphatic rings. The number of alkyl halides is 1. The Balaban J connectivity index is 3.04. The van der Waals surface area contributed by atoms with Gasteiger partial charge in [0.25, 0.3) is 5.56 Å². The standard InChI is InChI=1S/C10H6BrF3N2O/c1-3-10(17)16-8-6(13)4(2-11)5(12)7(14)9(8)15-3/h2H2,1H3,(H,16,17). The van der Waals surface area contributed by atoms with E-state index in [4.69, 9.17) is 0 Å². The number of nitrogens with one attached hydrogen (secondary N) is 1. The largest absolute Gasteiger partial charge is 0.317 e. The van der Waals surface area contributed by atoms with Crippen molar-refractivity contribution in [3.63, 3.8) is 0 Å². The Hall–Kier alpha value is -1.37. The first-order valence-electron chi connectivity index (χ1n) is 4.59. The Morgan fingerprint density at radius 3 is 2.47 bits per heavy atom. The van der Waals surface area contributed by atoms with Gasteiger partial charge in [0, 0.05) is 10.9 Å². The first-order valence-corrected chi connectivity index (χ1v) is 5.71. The van der Waals surface area contributed by atoms with E-state index in [0.29, 0.717) is 0 Å². The summed E-state index contributed by atoms with van der Waals surface area (Å²) in [6, 6.07) is 0. The highest BCUT2D eigenvalue weighted by Crippen LogP contribution is 2.25. The minimum absolute atomic E-state index is 0.0539. The van der Waals surface area contributed by atoms with Gasteiger partial charge in [0.05, 0.1) is 0 Å². The van der Waals surface area contributed by atoms with Crippen LogP contribution in [0.15, 0.2) is 4.79 Å². The maximum absolute atomic E-state index is 13.8. The third-order valence-corrected chi connectivity index (χ3v) is 2.93. The highest BCUT2D eigenvalue weighted by molar-refractivity contribution is 9.08. The van der Waals surface area contributed by atoms with E-state index in [0.717, 1.165) is 0 Å². The van der Waals surface area contributed by atoms with Crippen LogP contribution < -0.4 is 5.56 Å². The van der Waals surface area contributed by atoms with Crippen LogP contribution in [0.25, 0.3) is 11.0 Å². The van der Waals surface area contributed by atoms with Crippen molar-refractivity contribution in [2.24, 2.45) is 0 Å². The number of fused-ring (bicyclic) bond motifs is 1. The van der Waals surface area contributed by atoms with Crippen molar-refractivity contribution in [3.8, 4) is 0 Å². The fraction of sp³-hybridized carbons (Fsp3) is 0.200. The topological polar surface area (TPSA) is 45.8 Å². The van der Waals surface area contributed by atoms with Crippen LogP contribution in [0.5, 0.6) is 0 Å². The lowest BCUT2D eigenvalue weighted by Gasteiger charge is -2.07. The second-order valence-corrected chi connectivity index (χ2v) is 3.99. The third-order valence-electron chi connectivity index (χ3n) is 2.37. The molecule has 2 aromatic rings. The van der Waals surface area contributed by atoms with Gasteiger partial charge in [0.15, 0.2) is 17.5 Å². The van der Waals surface area contributed by atoms with E-state index in [9.17, 15) is 18.0 Å². The molecule has 0 atom stereocenters. The molecular weight excluding hydrogens is 301 g/mol. The molecule has 90 valence electrons. The van der Waals surface area contributed by atoms with Gasteiger partial charge in [-0.2, -0.15) is 0 Å². The molecule has 0 fully saturated rings. The molecule has 0 spiro atoms. The van der Waals surface area contributed by atoms with E-state index in [-0.39, 0.29) is 11.0 Å². The fourth-order valence-electron chi connectivity index (χ4n) is 1.46. The van der Waals surface area contributed by atoms with Crippen molar-refractivity contribution in [1.29, 1.82) is 0 Å². The average molecular weight is 307 g/mol. The molecule has 0 radical (unpaired) electrons. The number of H-pyrrole nitrogens is 1. The highest BCUT2D eigenvalue weighted by atomic mass is 79.9. The van der Waals surface area contributed by atoms with Gasteiger partial charge in [0.1, 0.15) is 16.7 Å². The number of aromatic nitrogens is 2. The summed E-state index contributed by atoms with van der Waals surface area (Å²) >= 11 is 2.85. The molecule has 1 N–H and O–H groups in total. The van der Waals surface area contributed by atoms with Crippen molar-refractivity contribution in [1.82, 2.24) is 9.97 Å². The van der Waals surface area contributed by atoms with Gasteiger partial charge in [-0.05, 0) is 6.92 Å². The minimum atomic E-state index is -1.30. The second kappa shape index (κ2) is 4.14.